The molecule has 0 aromatic heterocycles. The molecule has 2 amide bonds. The van der Waals surface area contributed by atoms with E-state index in [-0.39, 0.29) is 6.03 Å². The minimum absolute atomic E-state index is 0.0747. The third-order valence-corrected chi connectivity index (χ3v) is 7.43. The Morgan fingerprint density at radius 2 is 1.79 bits per heavy atom. The van der Waals surface area contributed by atoms with Crippen molar-refractivity contribution in [3.8, 4) is 5.75 Å². The zero-order chi connectivity index (χ0) is 22.7. The van der Waals surface area contributed by atoms with Crippen molar-refractivity contribution >= 4 is 17.6 Å². The molecule has 2 heterocycles. The predicted molar refractivity (Wildman–Crippen MR) is 132 cm³/mol. The van der Waals surface area contributed by atoms with Crippen molar-refractivity contribution in [1.82, 2.24) is 10.2 Å². The molecule has 1 N–H and O–H groups in total. The molecule has 1 aliphatic carbocycles. The van der Waals surface area contributed by atoms with Crippen LogP contribution in [0, 0.1) is 0 Å². The van der Waals surface area contributed by atoms with Gasteiger partial charge in [-0.15, -0.1) is 0 Å². The van der Waals surface area contributed by atoms with Crippen molar-refractivity contribution in [3.05, 3.63) is 60.2 Å². The number of amides is 2. The Morgan fingerprint density at radius 3 is 2.52 bits per heavy atom. The minimum Gasteiger partial charge on any atom is -0.497 e. The summed E-state index contributed by atoms with van der Waals surface area (Å²) >= 11 is 0. The summed E-state index contributed by atoms with van der Waals surface area (Å²) in [6.07, 6.45) is 7.72. The summed E-state index contributed by atoms with van der Waals surface area (Å²) in [4.78, 5) is 23.0. The zero-order valence-corrected chi connectivity index (χ0v) is 19.5. The second kappa shape index (κ2) is 9.56. The van der Waals surface area contributed by atoms with E-state index in [1.54, 1.807) is 7.11 Å². The van der Waals surface area contributed by atoms with E-state index in [4.69, 9.17) is 9.73 Å². The Kier molecular flexibility index (Phi) is 6.36. The van der Waals surface area contributed by atoms with Gasteiger partial charge in [-0.3, -0.25) is 20.1 Å². The Bertz CT molecular complexity index is 992. The number of carbonyl (C=O) groups is 1. The Morgan fingerprint density at radius 1 is 1.03 bits per heavy atom. The lowest BCUT2D eigenvalue weighted by atomic mass is 9.84. The number of rotatable bonds is 5. The van der Waals surface area contributed by atoms with Gasteiger partial charge in [0.05, 0.1) is 18.8 Å². The van der Waals surface area contributed by atoms with Gasteiger partial charge in [0.15, 0.2) is 0 Å². The Hall–Kier alpha value is -2.86. The summed E-state index contributed by atoms with van der Waals surface area (Å²) in [5.74, 6) is 1.64. The van der Waals surface area contributed by atoms with Crippen LogP contribution in [0.1, 0.15) is 50.5 Å². The number of piperidine rings is 1. The van der Waals surface area contributed by atoms with Crippen LogP contribution in [0.2, 0.25) is 0 Å². The molecule has 0 unspecified atom stereocenters. The number of anilines is 1. The lowest BCUT2D eigenvalue weighted by Gasteiger charge is -2.44. The number of nitrogens with one attached hydrogen (secondary N) is 1. The molecule has 3 fully saturated rings. The Balaban J connectivity index is 1.44. The highest BCUT2D eigenvalue weighted by molar-refractivity contribution is 6.19. The van der Waals surface area contributed by atoms with E-state index in [1.807, 2.05) is 29.2 Å². The molecule has 3 aliphatic rings. The highest BCUT2D eigenvalue weighted by Crippen LogP contribution is 2.39. The number of hydrogen-bond donors (Lipinski definition) is 1. The molecule has 6 heteroatoms. The number of benzene rings is 2. The van der Waals surface area contributed by atoms with E-state index in [2.05, 4.69) is 40.5 Å². The molecule has 2 aromatic rings. The zero-order valence-electron chi connectivity index (χ0n) is 19.5. The third kappa shape index (κ3) is 4.49. The molecule has 6 nitrogen and oxygen atoms in total. The number of likely N-dealkylation sites (tertiary alicyclic amines) is 1. The topological polar surface area (TPSA) is 57.2 Å². The van der Waals surface area contributed by atoms with Gasteiger partial charge < -0.3 is 4.74 Å². The molecule has 2 saturated heterocycles. The molecule has 1 spiro atoms. The first-order chi connectivity index (χ1) is 16.2. The van der Waals surface area contributed by atoms with E-state index in [1.165, 1.54) is 24.8 Å². The maximum atomic E-state index is 13.4. The maximum Gasteiger partial charge on any atom is 0.328 e. The number of ether oxygens (including phenoxy) is 1. The summed E-state index contributed by atoms with van der Waals surface area (Å²) in [7, 11) is 1.66. The molecule has 0 atom stereocenters. The molecular weight excluding hydrogens is 412 g/mol. The molecule has 174 valence electrons. The first-order valence-electron chi connectivity index (χ1n) is 12.3. The van der Waals surface area contributed by atoms with Crippen LogP contribution in [0.3, 0.4) is 0 Å². The van der Waals surface area contributed by atoms with E-state index in [0.29, 0.717) is 6.04 Å². The standard InChI is InChI=1S/C27H34N4O2/c1-33-24-14-8-13-23(19-24)31-26(32)29-25(28-22-11-6-3-7-12-22)27(31)15-17-30(18-16-27)20-21-9-4-2-5-10-21/h2,4-5,8-10,13-14,19,22H,3,6-7,11-12,15-18,20H2,1H3,(H,28,29,32). The van der Waals surface area contributed by atoms with Gasteiger partial charge >= 0.3 is 6.03 Å². The lowest BCUT2D eigenvalue weighted by Crippen LogP contribution is -2.57. The number of nitrogens with zero attached hydrogens (tertiary/aromatic N) is 3. The van der Waals surface area contributed by atoms with Crippen LogP contribution in [0.15, 0.2) is 59.6 Å². The molecule has 1 saturated carbocycles. The maximum absolute atomic E-state index is 13.4. The second-order valence-electron chi connectivity index (χ2n) is 9.53. The fraction of sp³-hybridized carbons (Fsp3) is 0.481. The van der Waals surface area contributed by atoms with E-state index >= 15 is 0 Å². The van der Waals surface area contributed by atoms with Gasteiger partial charge in [-0.25, -0.2) is 4.79 Å². The van der Waals surface area contributed by atoms with Crippen molar-refractivity contribution in [1.29, 1.82) is 0 Å². The highest BCUT2D eigenvalue weighted by atomic mass is 16.5. The van der Waals surface area contributed by atoms with Gasteiger partial charge in [-0.1, -0.05) is 55.7 Å². The molecular formula is C27H34N4O2. The van der Waals surface area contributed by atoms with Gasteiger partial charge in [0.25, 0.3) is 0 Å². The van der Waals surface area contributed by atoms with Crippen molar-refractivity contribution in [2.24, 2.45) is 4.99 Å². The molecule has 2 aromatic carbocycles. The molecule has 2 aliphatic heterocycles. The van der Waals surface area contributed by atoms with E-state index in [9.17, 15) is 4.79 Å². The number of hydrogen-bond acceptors (Lipinski definition) is 4. The number of methoxy groups -OCH3 is 1. The van der Waals surface area contributed by atoms with Crippen LogP contribution < -0.4 is 15.0 Å². The van der Waals surface area contributed by atoms with Gasteiger partial charge in [-0.2, -0.15) is 0 Å². The summed E-state index contributed by atoms with van der Waals surface area (Å²) in [5, 5.41) is 3.19. The van der Waals surface area contributed by atoms with Gasteiger partial charge in [-0.05, 0) is 43.4 Å². The quantitative estimate of drug-likeness (QED) is 0.704. The second-order valence-corrected chi connectivity index (χ2v) is 9.53. The third-order valence-electron chi connectivity index (χ3n) is 7.43. The fourth-order valence-electron chi connectivity index (χ4n) is 5.62. The number of aliphatic imine (C=N–C) groups is 1. The summed E-state index contributed by atoms with van der Waals surface area (Å²) in [6.45, 7) is 2.79. The molecule has 5 rings (SSSR count). The normalized spacial score (nSPS) is 22.6. The van der Waals surface area contributed by atoms with Gasteiger partial charge in [0, 0.05) is 25.7 Å². The van der Waals surface area contributed by atoms with E-state index < -0.39 is 5.54 Å². The Labute approximate surface area is 196 Å². The minimum atomic E-state index is -0.423. The van der Waals surface area contributed by atoms with Crippen molar-refractivity contribution < 1.29 is 9.53 Å². The number of amidine groups is 1. The van der Waals surface area contributed by atoms with Crippen LogP contribution in [-0.2, 0) is 6.54 Å². The van der Waals surface area contributed by atoms with Crippen molar-refractivity contribution in [3.63, 3.8) is 0 Å². The molecule has 33 heavy (non-hydrogen) atoms. The summed E-state index contributed by atoms with van der Waals surface area (Å²) in [5.41, 5.74) is 1.78. The van der Waals surface area contributed by atoms with Gasteiger partial charge in [0.1, 0.15) is 17.1 Å². The van der Waals surface area contributed by atoms with Crippen LogP contribution in [0.4, 0.5) is 10.5 Å². The summed E-state index contributed by atoms with van der Waals surface area (Å²) in [6, 6.07) is 18.7. The highest BCUT2D eigenvalue weighted by Gasteiger charge is 2.53. The van der Waals surface area contributed by atoms with Crippen LogP contribution in [0.5, 0.6) is 5.75 Å². The van der Waals surface area contributed by atoms with Crippen molar-refractivity contribution in [2.75, 3.05) is 25.1 Å². The smallest absolute Gasteiger partial charge is 0.328 e. The monoisotopic (exact) mass is 446 g/mol. The van der Waals surface area contributed by atoms with E-state index in [0.717, 1.165) is 62.6 Å². The molecule has 0 bridgehead atoms. The number of carbonyl (C=O) groups excluding carboxylic acids is 1. The van der Waals surface area contributed by atoms with Crippen LogP contribution >= 0.6 is 0 Å². The first kappa shape index (κ1) is 22.0. The average molecular weight is 447 g/mol. The molecule has 0 radical (unpaired) electrons. The lowest BCUT2D eigenvalue weighted by molar-refractivity contribution is 0.184. The number of urea groups is 1. The summed E-state index contributed by atoms with van der Waals surface area (Å²) < 4.78 is 5.46. The fourth-order valence-corrected chi connectivity index (χ4v) is 5.62. The largest absolute Gasteiger partial charge is 0.497 e. The first-order valence-corrected chi connectivity index (χ1v) is 12.3. The van der Waals surface area contributed by atoms with Crippen LogP contribution in [0.25, 0.3) is 0 Å². The average Bonchev–Trinajstić information content (AvgIpc) is 3.12. The van der Waals surface area contributed by atoms with Crippen LogP contribution in [-0.4, -0.2) is 48.5 Å². The SMILES string of the molecule is COc1cccc(N2C(=O)NC(=NC3CCCCC3)C23CCN(Cc2ccccc2)CC3)c1. The van der Waals surface area contributed by atoms with Crippen molar-refractivity contribution in [2.45, 2.75) is 63.1 Å². The van der Waals surface area contributed by atoms with Gasteiger partial charge in [0.2, 0.25) is 0 Å². The predicted octanol–water partition coefficient (Wildman–Crippen LogP) is 4.99.